The maximum atomic E-state index is 11.5. The lowest BCUT2D eigenvalue weighted by Crippen LogP contribution is -2.58. The molecular formula is C14H25N3O. The number of fused-ring (bicyclic) bond motifs is 3. The second-order valence-corrected chi connectivity index (χ2v) is 6.35. The number of hydrogen-bond acceptors (Lipinski definition) is 3. The summed E-state index contributed by atoms with van der Waals surface area (Å²) in [6, 6.07) is 0. The van der Waals surface area contributed by atoms with Crippen molar-refractivity contribution in [3.63, 3.8) is 0 Å². The van der Waals surface area contributed by atoms with Crippen LogP contribution >= 0.6 is 0 Å². The Morgan fingerprint density at radius 1 is 1.17 bits per heavy atom. The van der Waals surface area contributed by atoms with Gasteiger partial charge >= 0.3 is 0 Å². The highest BCUT2D eigenvalue weighted by Crippen LogP contribution is 2.46. The third-order valence-electron chi connectivity index (χ3n) is 5.53. The third-order valence-corrected chi connectivity index (χ3v) is 5.53. The summed E-state index contributed by atoms with van der Waals surface area (Å²) in [5.41, 5.74) is 6.21. The molecular weight excluding hydrogens is 226 g/mol. The van der Waals surface area contributed by atoms with E-state index in [4.69, 9.17) is 5.73 Å². The SMILES string of the molecule is CC(=O)N1CCC2C(CC[C@H]3C2CCN[C@H]3N)C1. The Balaban J connectivity index is 1.71. The molecule has 4 heteroatoms. The lowest BCUT2D eigenvalue weighted by Gasteiger charge is -2.51. The Bertz CT molecular complexity index is 333. The zero-order chi connectivity index (χ0) is 12.7. The Kier molecular flexibility index (Phi) is 3.32. The van der Waals surface area contributed by atoms with Gasteiger partial charge in [0.2, 0.25) is 5.91 Å². The number of piperidine rings is 2. The van der Waals surface area contributed by atoms with Gasteiger partial charge in [0.15, 0.2) is 0 Å². The zero-order valence-corrected chi connectivity index (χ0v) is 11.3. The van der Waals surface area contributed by atoms with Crippen LogP contribution in [0, 0.1) is 23.7 Å². The fraction of sp³-hybridized carbons (Fsp3) is 0.929. The number of likely N-dealkylation sites (tertiary alicyclic amines) is 1. The fourth-order valence-electron chi connectivity index (χ4n) is 4.59. The monoisotopic (exact) mass is 251 g/mol. The van der Waals surface area contributed by atoms with Gasteiger partial charge < -0.3 is 16.0 Å². The van der Waals surface area contributed by atoms with E-state index in [1.807, 2.05) is 4.90 Å². The van der Waals surface area contributed by atoms with E-state index in [0.29, 0.717) is 5.92 Å². The van der Waals surface area contributed by atoms with Crippen LogP contribution in [0.3, 0.4) is 0 Å². The first-order chi connectivity index (χ1) is 8.66. The van der Waals surface area contributed by atoms with Gasteiger partial charge in [0.25, 0.3) is 0 Å². The molecule has 0 radical (unpaired) electrons. The first-order valence-corrected chi connectivity index (χ1v) is 7.41. The van der Waals surface area contributed by atoms with E-state index in [-0.39, 0.29) is 12.1 Å². The lowest BCUT2D eigenvalue weighted by molar-refractivity contribution is -0.133. The average Bonchev–Trinajstić information content (AvgIpc) is 2.38. The molecule has 3 aliphatic rings. The maximum Gasteiger partial charge on any atom is 0.219 e. The number of nitrogens with two attached hydrogens (primary N) is 1. The van der Waals surface area contributed by atoms with Gasteiger partial charge in [-0.3, -0.25) is 4.79 Å². The topological polar surface area (TPSA) is 58.4 Å². The van der Waals surface area contributed by atoms with E-state index >= 15 is 0 Å². The molecule has 3 N–H and O–H groups in total. The minimum Gasteiger partial charge on any atom is -0.343 e. The van der Waals surface area contributed by atoms with Crippen molar-refractivity contribution >= 4 is 5.91 Å². The highest BCUT2D eigenvalue weighted by atomic mass is 16.2. The second-order valence-electron chi connectivity index (χ2n) is 6.35. The fourth-order valence-corrected chi connectivity index (χ4v) is 4.59. The molecule has 1 saturated carbocycles. The molecule has 102 valence electrons. The molecule has 3 rings (SSSR count). The van der Waals surface area contributed by atoms with Gasteiger partial charge in [-0.25, -0.2) is 0 Å². The van der Waals surface area contributed by atoms with Gasteiger partial charge in [0.05, 0.1) is 6.17 Å². The summed E-state index contributed by atoms with van der Waals surface area (Å²) in [6.45, 7) is 4.72. The zero-order valence-electron chi connectivity index (χ0n) is 11.3. The molecule has 18 heavy (non-hydrogen) atoms. The molecule has 0 aromatic carbocycles. The van der Waals surface area contributed by atoms with Crippen LogP contribution in [-0.4, -0.2) is 36.6 Å². The molecule has 2 saturated heterocycles. The molecule has 1 amide bonds. The molecule has 3 unspecified atom stereocenters. The summed E-state index contributed by atoms with van der Waals surface area (Å²) in [5.74, 6) is 3.26. The normalized spacial score (nSPS) is 44.1. The second kappa shape index (κ2) is 4.82. The van der Waals surface area contributed by atoms with Crippen molar-refractivity contribution < 1.29 is 4.79 Å². The summed E-state index contributed by atoms with van der Waals surface area (Å²) in [5, 5.41) is 3.42. The highest BCUT2D eigenvalue weighted by Gasteiger charge is 2.45. The largest absolute Gasteiger partial charge is 0.343 e. The van der Waals surface area contributed by atoms with Crippen molar-refractivity contribution in [1.29, 1.82) is 0 Å². The summed E-state index contributed by atoms with van der Waals surface area (Å²) in [6.07, 6.45) is 5.17. The molecule has 0 bridgehead atoms. The van der Waals surface area contributed by atoms with E-state index in [1.54, 1.807) is 6.92 Å². The third kappa shape index (κ3) is 2.05. The van der Waals surface area contributed by atoms with Crippen LogP contribution in [0.25, 0.3) is 0 Å². The molecule has 0 aromatic heterocycles. The van der Waals surface area contributed by atoms with E-state index in [0.717, 1.165) is 37.4 Å². The van der Waals surface area contributed by atoms with Crippen molar-refractivity contribution in [2.24, 2.45) is 29.4 Å². The summed E-state index contributed by atoms with van der Waals surface area (Å²) < 4.78 is 0. The van der Waals surface area contributed by atoms with Gasteiger partial charge in [-0.15, -0.1) is 0 Å². The molecule has 2 heterocycles. The van der Waals surface area contributed by atoms with Crippen LogP contribution in [0.2, 0.25) is 0 Å². The van der Waals surface area contributed by atoms with Crippen LogP contribution in [0.15, 0.2) is 0 Å². The van der Waals surface area contributed by atoms with Crippen molar-refractivity contribution in [3.05, 3.63) is 0 Å². The Labute approximate surface area is 109 Å². The first-order valence-electron chi connectivity index (χ1n) is 7.41. The van der Waals surface area contributed by atoms with Gasteiger partial charge in [-0.2, -0.15) is 0 Å². The summed E-state index contributed by atoms with van der Waals surface area (Å²) in [7, 11) is 0. The number of nitrogens with zero attached hydrogens (tertiary/aromatic N) is 1. The van der Waals surface area contributed by atoms with E-state index in [2.05, 4.69) is 5.32 Å². The predicted octanol–water partition coefficient (Wildman–Crippen LogP) is 0.775. The predicted molar refractivity (Wildman–Crippen MR) is 70.7 cm³/mol. The standard InChI is InChI=1S/C14H25N3O/c1-9(18)17-7-5-11-10(8-17)2-3-13-12(11)4-6-16-14(13)15/h10-14,16H,2-8,15H2,1H3/t10?,11?,12?,13-,14+/m0/s1. The van der Waals surface area contributed by atoms with Crippen LogP contribution in [-0.2, 0) is 4.79 Å². The number of rotatable bonds is 0. The van der Waals surface area contributed by atoms with E-state index in [9.17, 15) is 4.79 Å². The number of amides is 1. The van der Waals surface area contributed by atoms with Crippen LogP contribution in [0.5, 0.6) is 0 Å². The molecule has 1 aliphatic carbocycles. The van der Waals surface area contributed by atoms with E-state index < -0.39 is 0 Å². The van der Waals surface area contributed by atoms with Crippen molar-refractivity contribution in [1.82, 2.24) is 10.2 Å². The van der Waals surface area contributed by atoms with E-state index in [1.165, 1.54) is 25.7 Å². The number of hydrogen-bond donors (Lipinski definition) is 2. The Hall–Kier alpha value is -0.610. The minimum atomic E-state index is 0.204. The molecule has 5 atom stereocenters. The molecule has 2 aliphatic heterocycles. The Morgan fingerprint density at radius 3 is 2.78 bits per heavy atom. The summed E-state index contributed by atoms with van der Waals surface area (Å²) >= 11 is 0. The number of carbonyl (C=O) groups is 1. The summed E-state index contributed by atoms with van der Waals surface area (Å²) in [4.78, 5) is 13.5. The minimum absolute atomic E-state index is 0.204. The maximum absolute atomic E-state index is 11.5. The molecule has 0 aromatic rings. The van der Waals surface area contributed by atoms with Crippen LogP contribution < -0.4 is 11.1 Å². The highest BCUT2D eigenvalue weighted by molar-refractivity contribution is 5.73. The van der Waals surface area contributed by atoms with Crippen molar-refractivity contribution in [2.75, 3.05) is 19.6 Å². The molecule has 0 spiro atoms. The van der Waals surface area contributed by atoms with Gasteiger partial charge in [-0.05, 0) is 55.9 Å². The van der Waals surface area contributed by atoms with Crippen LogP contribution in [0.1, 0.15) is 32.6 Å². The Morgan fingerprint density at radius 2 is 2.00 bits per heavy atom. The van der Waals surface area contributed by atoms with Gasteiger partial charge in [0.1, 0.15) is 0 Å². The van der Waals surface area contributed by atoms with Crippen molar-refractivity contribution in [2.45, 2.75) is 38.8 Å². The van der Waals surface area contributed by atoms with Gasteiger partial charge in [0, 0.05) is 20.0 Å². The van der Waals surface area contributed by atoms with Gasteiger partial charge in [-0.1, -0.05) is 0 Å². The lowest BCUT2D eigenvalue weighted by atomic mass is 9.61. The number of nitrogens with one attached hydrogen (secondary N) is 1. The average molecular weight is 251 g/mol. The smallest absolute Gasteiger partial charge is 0.219 e. The first kappa shape index (κ1) is 12.4. The molecule has 4 nitrogen and oxygen atoms in total. The number of carbonyl (C=O) groups excluding carboxylic acids is 1. The van der Waals surface area contributed by atoms with Crippen molar-refractivity contribution in [3.8, 4) is 0 Å². The molecule has 3 fully saturated rings. The quantitative estimate of drug-likeness (QED) is 0.669. The van der Waals surface area contributed by atoms with Crippen LogP contribution in [0.4, 0.5) is 0 Å².